The minimum absolute atomic E-state index is 0.0208. The van der Waals surface area contributed by atoms with Crippen LogP contribution in [0.25, 0.3) is 0 Å². The van der Waals surface area contributed by atoms with E-state index in [1.54, 1.807) is 0 Å². The van der Waals surface area contributed by atoms with Gasteiger partial charge in [0, 0.05) is 38.1 Å². The first kappa shape index (κ1) is 26.5. The van der Waals surface area contributed by atoms with Gasteiger partial charge in [0.2, 0.25) is 0 Å². The quantitative estimate of drug-likeness (QED) is 0.292. The zero-order valence-electron chi connectivity index (χ0n) is 17.4. The summed E-state index contributed by atoms with van der Waals surface area (Å²) < 4.78 is 5.26. The van der Waals surface area contributed by atoms with Crippen molar-refractivity contribution in [1.29, 1.82) is 0 Å². The molecule has 2 saturated heterocycles. The van der Waals surface area contributed by atoms with Gasteiger partial charge in [-0.2, -0.15) is 0 Å². The second-order valence-electron chi connectivity index (χ2n) is 7.15. The minimum Gasteiger partial charge on any atom is -0.473 e. The Kier molecular flexibility index (Phi) is 10.3. The Labute approximate surface area is 183 Å². The zero-order valence-corrected chi connectivity index (χ0v) is 17.4. The van der Waals surface area contributed by atoms with E-state index in [-0.39, 0.29) is 17.3 Å². The van der Waals surface area contributed by atoms with E-state index < -0.39 is 23.9 Å². The van der Waals surface area contributed by atoms with E-state index in [1.807, 2.05) is 13.0 Å². The molecule has 0 bridgehead atoms. The van der Waals surface area contributed by atoms with E-state index in [4.69, 9.17) is 44.3 Å². The average molecular weight is 454 g/mol. The lowest BCUT2D eigenvalue weighted by molar-refractivity contribution is -0.159. The minimum atomic E-state index is -1.82. The van der Waals surface area contributed by atoms with Crippen molar-refractivity contribution in [3.63, 3.8) is 0 Å². The van der Waals surface area contributed by atoms with Crippen molar-refractivity contribution in [2.24, 2.45) is 11.3 Å². The largest absolute Gasteiger partial charge is 0.473 e. The standard InChI is InChI=1S/C16H22N2O2.2C2H2O4/c1-2-20-15(19)14-9-18(12-16(14)10-17-11-16)8-13-6-4-3-5-7-13;2*3-1(4)2(5)6/h3-7,14,17H,2,8-12H2,1H3;2*(H,3,4)(H,5,6). The van der Waals surface area contributed by atoms with Crippen molar-refractivity contribution in [3.05, 3.63) is 35.9 Å². The number of carbonyl (C=O) groups excluding carboxylic acids is 1. The Hall–Kier alpha value is -3.51. The monoisotopic (exact) mass is 454 g/mol. The summed E-state index contributed by atoms with van der Waals surface area (Å²) in [7, 11) is 0. The van der Waals surface area contributed by atoms with Crippen LogP contribution in [0.15, 0.2) is 30.3 Å². The van der Waals surface area contributed by atoms with E-state index in [2.05, 4.69) is 34.5 Å². The van der Waals surface area contributed by atoms with Crippen molar-refractivity contribution in [2.45, 2.75) is 13.5 Å². The Morgan fingerprint density at radius 2 is 1.47 bits per heavy atom. The number of carboxylic acids is 4. The molecule has 1 aromatic carbocycles. The van der Waals surface area contributed by atoms with Gasteiger partial charge in [0.05, 0.1) is 12.5 Å². The normalized spacial score (nSPS) is 18.1. The van der Waals surface area contributed by atoms with Gasteiger partial charge in [-0.3, -0.25) is 9.69 Å². The highest BCUT2D eigenvalue weighted by atomic mass is 16.5. The Balaban J connectivity index is 0.000000355. The molecule has 0 aliphatic carbocycles. The number of aliphatic carboxylic acids is 4. The highest BCUT2D eigenvalue weighted by Crippen LogP contribution is 2.40. The number of nitrogens with one attached hydrogen (secondary N) is 1. The summed E-state index contributed by atoms with van der Waals surface area (Å²) in [6.07, 6.45) is 0. The number of likely N-dealkylation sites (tertiary alicyclic amines) is 1. The SMILES string of the molecule is CCOC(=O)C1CN(Cc2ccccc2)CC12CNC2.O=C(O)C(=O)O.O=C(O)C(=O)O. The van der Waals surface area contributed by atoms with Gasteiger partial charge < -0.3 is 30.5 Å². The number of nitrogens with zero attached hydrogens (tertiary/aromatic N) is 1. The topological polar surface area (TPSA) is 191 Å². The highest BCUT2D eigenvalue weighted by Gasteiger charge is 2.54. The van der Waals surface area contributed by atoms with Crippen LogP contribution in [0.3, 0.4) is 0 Å². The fourth-order valence-electron chi connectivity index (χ4n) is 3.41. The van der Waals surface area contributed by atoms with Crippen LogP contribution in [0.2, 0.25) is 0 Å². The number of hydrogen-bond acceptors (Lipinski definition) is 8. The third-order valence-corrected chi connectivity index (χ3v) is 4.86. The molecular formula is C20H26N2O10. The Morgan fingerprint density at radius 1 is 0.969 bits per heavy atom. The zero-order chi connectivity index (χ0) is 24.3. The molecule has 2 fully saturated rings. The molecule has 5 N–H and O–H groups in total. The molecule has 3 rings (SSSR count). The molecule has 176 valence electrons. The molecule has 0 aromatic heterocycles. The summed E-state index contributed by atoms with van der Waals surface area (Å²) in [5.41, 5.74) is 1.40. The third kappa shape index (κ3) is 7.96. The molecule has 2 aliphatic rings. The molecule has 1 aromatic rings. The molecule has 0 saturated carbocycles. The van der Waals surface area contributed by atoms with Gasteiger partial charge in [-0.05, 0) is 12.5 Å². The summed E-state index contributed by atoms with van der Waals surface area (Å²) in [5, 5.41) is 32.9. The Bertz CT molecular complexity index is 775. The first-order chi connectivity index (χ1) is 15.0. The highest BCUT2D eigenvalue weighted by molar-refractivity contribution is 6.27. The number of esters is 1. The van der Waals surface area contributed by atoms with Gasteiger partial charge in [0.1, 0.15) is 0 Å². The number of carboxylic acid groups (broad SMARTS) is 4. The van der Waals surface area contributed by atoms with Crippen LogP contribution in [-0.4, -0.2) is 88.0 Å². The lowest BCUT2D eigenvalue weighted by Crippen LogP contribution is -2.59. The summed E-state index contributed by atoms with van der Waals surface area (Å²) in [6, 6.07) is 10.4. The maximum Gasteiger partial charge on any atom is 0.414 e. The predicted octanol–water partition coefficient (Wildman–Crippen LogP) is -0.418. The van der Waals surface area contributed by atoms with Gasteiger partial charge in [-0.15, -0.1) is 0 Å². The number of hydrogen-bond donors (Lipinski definition) is 5. The van der Waals surface area contributed by atoms with E-state index in [1.165, 1.54) is 5.56 Å². The average Bonchev–Trinajstić information content (AvgIpc) is 3.10. The Morgan fingerprint density at radius 3 is 1.84 bits per heavy atom. The van der Waals surface area contributed by atoms with Gasteiger partial charge >= 0.3 is 29.8 Å². The van der Waals surface area contributed by atoms with Crippen LogP contribution >= 0.6 is 0 Å². The summed E-state index contributed by atoms with van der Waals surface area (Å²) >= 11 is 0. The predicted molar refractivity (Wildman–Crippen MR) is 108 cm³/mol. The summed E-state index contributed by atoms with van der Waals surface area (Å²) in [5.74, 6) is -7.30. The van der Waals surface area contributed by atoms with Crippen molar-refractivity contribution in [2.75, 3.05) is 32.8 Å². The molecule has 12 heteroatoms. The molecule has 0 amide bonds. The number of benzene rings is 1. The van der Waals surface area contributed by atoms with Crippen molar-refractivity contribution < 1.29 is 49.1 Å². The van der Waals surface area contributed by atoms with Crippen LogP contribution in [0.1, 0.15) is 12.5 Å². The van der Waals surface area contributed by atoms with Crippen LogP contribution < -0.4 is 5.32 Å². The lowest BCUT2D eigenvalue weighted by Gasteiger charge is -2.42. The molecule has 2 aliphatic heterocycles. The molecule has 1 unspecified atom stereocenters. The molecule has 0 radical (unpaired) electrons. The fourth-order valence-corrected chi connectivity index (χ4v) is 3.41. The number of carbonyl (C=O) groups is 5. The fraction of sp³-hybridized carbons (Fsp3) is 0.450. The second-order valence-corrected chi connectivity index (χ2v) is 7.15. The first-order valence-electron chi connectivity index (χ1n) is 9.58. The molecular weight excluding hydrogens is 428 g/mol. The van der Waals surface area contributed by atoms with Crippen LogP contribution in [0, 0.1) is 11.3 Å². The molecule has 32 heavy (non-hydrogen) atoms. The van der Waals surface area contributed by atoms with Gasteiger partial charge in [0.25, 0.3) is 0 Å². The summed E-state index contributed by atoms with van der Waals surface area (Å²) in [6.45, 7) is 6.92. The van der Waals surface area contributed by atoms with E-state index in [9.17, 15) is 4.79 Å². The second kappa shape index (κ2) is 12.4. The molecule has 2 heterocycles. The van der Waals surface area contributed by atoms with Crippen LogP contribution in [-0.2, 0) is 35.3 Å². The maximum absolute atomic E-state index is 12.2. The van der Waals surface area contributed by atoms with Gasteiger partial charge in [-0.25, -0.2) is 19.2 Å². The number of rotatable bonds is 4. The van der Waals surface area contributed by atoms with Crippen molar-refractivity contribution in [3.8, 4) is 0 Å². The maximum atomic E-state index is 12.2. The smallest absolute Gasteiger partial charge is 0.414 e. The van der Waals surface area contributed by atoms with Crippen molar-refractivity contribution >= 4 is 29.8 Å². The van der Waals surface area contributed by atoms with Gasteiger partial charge in [-0.1, -0.05) is 30.3 Å². The van der Waals surface area contributed by atoms with E-state index >= 15 is 0 Å². The number of ether oxygens (including phenoxy) is 1. The van der Waals surface area contributed by atoms with Gasteiger partial charge in [0.15, 0.2) is 0 Å². The van der Waals surface area contributed by atoms with E-state index in [0.717, 1.165) is 32.7 Å². The third-order valence-electron chi connectivity index (χ3n) is 4.86. The lowest BCUT2D eigenvalue weighted by atomic mass is 9.73. The molecule has 12 nitrogen and oxygen atoms in total. The van der Waals surface area contributed by atoms with Crippen LogP contribution in [0.4, 0.5) is 0 Å². The molecule has 1 atom stereocenters. The first-order valence-corrected chi connectivity index (χ1v) is 9.58. The summed E-state index contributed by atoms with van der Waals surface area (Å²) in [4.78, 5) is 51.0. The van der Waals surface area contributed by atoms with Crippen molar-refractivity contribution in [1.82, 2.24) is 10.2 Å². The van der Waals surface area contributed by atoms with Crippen LogP contribution in [0.5, 0.6) is 0 Å². The van der Waals surface area contributed by atoms with E-state index in [0.29, 0.717) is 6.61 Å². The molecule has 1 spiro atoms.